The van der Waals surface area contributed by atoms with Crippen molar-refractivity contribution in [2.75, 3.05) is 26.2 Å². The van der Waals surface area contributed by atoms with Gasteiger partial charge in [0.05, 0.1) is 5.39 Å². The van der Waals surface area contributed by atoms with Gasteiger partial charge >= 0.3 is 5.63 Å². The SMILES string of the molecule is CC(=O)O.Cc1cc(OCC(=O)N2C[C@@H]3CC[C@H]2CNC3)c2c(C)c(C)c(=O)oc2c1. The zero-order valence-corrected chi connectivity index (χ0v) is 18.5. The Balaban J connectivity index is 0.000000628. The van der Waals surface area contributed by atoms with Gasteiger partial charge in [0.25, 0.3) is 11.9 Å². The fraction of sp³-hybridized carbons (Fsp3) is 0.522. The smallest absolute Gasteiger partial charge is 0.339 e. The van der Waals surface area contributed by atoms with Gasteiger partial charge in [-0.25, -0.2) is 4.79 Å². The average Bonchev–Trinajstić information content (AvgIpc) is 3.05. The molecule has 168 valence electrons. The molecule has 0 saturated carbocycles. The first kappa shape index (κ1) is 22.8. The standard InChI is InChI=1S/C21H26N2O4.C2H4O2/c1-12-6-17(20-13(2)14(3)21(25)27-18(20)7-12)26-11-19(24)23-10-15-4-5-16(23)9-22-8-15;1-2(3)4/h6-7,15-16,22H,4-5,8-11H2,1-3H3;1H3,(H,3,4)/t15-,16+;/m1./s1. The molecule has 1 aromatic heterocycles. The first-order chi connectivity index (χ1) is 14.7. The van der Waals surface area contributed by atoms with Crippen LogP contribution in [0.25, 0.3) is 11.0 Å². The van der Waals surface area contributed by atoms with E-state index in [1.807, 2.05) is 30.9 Å². The van der Waals surface area contributed by atoms with Crippen molar-refractivity contribution in [1.82, 2.24) is 10.2 Å². The third-order valence-corrected chi connectivity index (χ3v) is 5.94. The highest BCUT2D eigenvalue weighted by Crippen LogP contribution is 2.31. The van der Waals surface area contributed by atoms with Crippen molar-refractivity contribution in [3.8, 4) is 5.75 Å². The van der Waals surface area contributed by atoms with Crippen molar-refractivity contribution in [2.24, 2.45) is 5.92 Å². The van der Waals surface area contributed by atoms with Gasteiger partial charge < -0.3 is 24.5 Å². The number of fused-ring (bicyclic) bond motifs is 5. The molecule has 2 aromatic rings. The van der Waals surface area contributed by atoms with Crippen LogP contribution in [0.15, 0.2) is 21.3 Å². The van der Waals surface area contributed by atoms with Crippen molar-refractivity contribution < 1.29 is 23.8 Å². The number of hydrogen-bond acceptors (Lipinski definition) is 6. The summed E-state index contributed by atoms with van der Waals surface area (Å²) in [4.78, 5) is 35.8. The van der Waals surface area contributed by atoms with E-state index in [1.165, 1.54) is 6.42 Å². The Labute approximate surface area is 181 Å². The Morgan fingerprint density at radius 2 is 1.90 bits per heavy atom. The van der Waals surface area contributed by atoms with Crippen LogP contribution >= 0.6 is 0 Å². The molecule has 31 heavy (non-hydrogen) atoms. The van der Waals surface area contributed by atoms with Gasteiger partial charge in [0, 0.05) is 31.6 Å². The van der Waals surface area contributed by atoms with Crippen LogP contribution in [0, 0.1) is 26.7 Å². The number of nitrogens with one attached hydrogen (secondary N) is 1. The highest BCUT2D eigenvalue weighted by atomic mass is 16.5. The van der Waals surface area contributed by atoms with Crippen LogP contribution in [0.4, 0.5) is 0 Å². The summed E-state index contributed by atoms with van der Waals surface area (Å²) in [6, 6.07) is 3.99. The van der Waals surface area contributed by atoms with Gasteiger partial charge in [-0.1, -0.05) is 0 Å². The van der Waals surface area contributed by atoms with Crippen LogP contribution < -0.4 is 15.7 Å². The highest BCUT2D eigenvalue weighted by molar-refractivity contribution is 5.88. The number of carboxylic acid groups (broad SMARTS) is 1. The van der Waals surface area contributed by atoms with Crippen molar-refractivity contribution in [3.05, 3.63) is 39.2 Å². The van der Waals surface area contributed by atoms with Crippen molar-refractivity contribution in [1.29, 1.82) is 0 Å². The maximum absolute atomic E-state index is 12.8. The van der Waals surface area contributed by atoms with Crippen molar-refractivity contribution >= 4 is 22.8 Å². The molecule has 1 amide bonds. The molecule has 3 fully saturated rings. The third kappa shape index (κ3) is 5.25. The van der Waals surface area contributed by atoms with Gasteiger partial charge in [-0.3, -0.25) is 9.59 Å². The molecule has 8 heteroatoms. The maximum atomic E-state index is 12.8. The van der Waals surface area contributed by atoms with Crippen LogP contribution in [0.3, 0.4) is 0 Å². The number of piperidine rings is 1. The predicted molar refractivity (Wildman–Crippen MR) is 117 cm³/mol. The van der Waals surface area contributed by atoms with E-state index >= 15 is 0 Å². The van der Waals surface area contributed by atoms with Gasteiger partial charge in [-0.05, 0) is 69.3 Å². The van der Waals surface area contributed by atoms with Gasteiger partial charge in [-0.2, -0.15) is 0 Å². The normalized spacial score (nSPS) is 20.1. The number of carboxylic acids is 1. The fourth-order valence-electron chi connectivity index (χ4n) is 4.27. The lowest BCUT2D eigenvalue weighted by Gasteiger charge is -2.36. The largest absolute Gasteiger partial charge is 0.483 e. The number of carbonyl (C=O) groups excluding carboxylic acids is 1. The molecule has 5 rings (SSSR count). The Kier molecular flexibility index (Phi) is 7.00. The van der Waals surface area contributed by atoms with E-state index in [1.54, 1.807) is 6.92 Å². The number of aryl methyl sites for hydroxylation is 2. The van der Waals surface area contributed by atoms with Crippen molar-refractivity contribution in [2.45, 2.75) is 46.6 Å². The number of nitrogens with zero attached hydrogens (tertiary/aromatic N) is 1. The molecule has 3 saturated heterocycles. The van der Waals surface area contributed by atoms with Crippen LogP contribution in [0.1, 0.15) is 36.5 Å². The molecule has 0 unspecified atom stereocenters. The first-order valence-corrected chi connectivity index (χ1v) is 10.5. The lowest BCUT2D eigenvalue weighted by Crippen LogP contribution is -2.48. The number of carbonyl (C=O) groups is 2. The molecule has 1 aromatic carbocycles. The third-order valence-electron chi connectivity index (χ3n) is 5.94. The summed E-state index contributed by atoms with van der Waals surface area (Å²) in [6.45, 7) is 9.29. The molecule has 2 bridgehead atoms. The van der Waals surface area contributed by atoms with E-state index in [-0.39, 0.29) is 24.2 Å². The quantitative estimate of drug-likeness (QED) is 0.720. The molecule has 2 N–H and O–H groups in total. The van der Waals surface area contributed by atoms with Crippen LogP contribution in [0.2, 0.25) is 0 Å². The molecule has 0 aliphatic carbocycles. The summed E-state index contributed by atoms with van der Waals surface area (Å²) in [5, 5.41) is 11.6. The summed E-state index contributed by atoms with van der Waals surface area (Å²) in [5.74, 6) is 0.322. The molecular weight excluding hydrogens is 400 g/mol. The average molecular weight is 431 g/mol. The summed E-state index contributed by atoms with van der Waals surface area (Å²) >= 11 is 0. The molecule has 2 atom stereocenters. The molecule has 0 radical (unpaired) electrons. The summed E-state index contributed by atoms with van der Waals surface area (Å²) in [7, 11) is 0. The minimum absolute atomic E-state index is 0.000608. The monoisotopic (exact) mass is 430 g/mol. The molecule has 4 heterocycles. The molecular formula is C23H30N2O6. The Hall–Kier alpha value is -2.87. The topological polar surface area (TPSA) is 109 Å². The zero-order valence-electron chi connectivity index (χ0n) is 18.5. The first-order valence-electron chi connectivity index (χ1n) is 10.5. The summed E-state index contributed by atoms with van der Waals surface area (Å²) in [5.41, 5.74) is 2.50. The molecule has 8 nitrogen and oxygen atoms in total. The van der Waals surface area contributed by atoms with Gasteiger partial charge in [0.2, 0.25) is 0 Å². The van der Waals surface area contributed by atoms with E-state index in [9.17, 15) is 9.59 Å². The minimum Gasteiger partial charge on any atom is -0.483 e. The van der Waals surface area contributed by atoms with E-state index in [0.29, 0.717) is 22.8 Å². The zero-order chi connectivity index (χ0) is 22.7. The second-order valence-electron chi connectivity index (χ2n) is 8.38. The van der Waals surface area contributed by atoms with Gasteiger partial charge in [0.15, 0.2) is 6.61 Å². The Morgan fingerprint density at radius 1 is 1.19 bits per heavy atom. The van der Waals surface area contributed by atoms with E-state index < -0.39 is 5.97 Å². The molecule has 3 aliphatic heterocycles. The van der Waals surface area contributed by atoms with E-state index in [0.717, 1.165) is 49.5 Å². The maximum Gasteiger partial charge on any atom is 0.339 e. The lowest BCUT2D eigenvalue weighted by atomic mass is 9.95. The van der Waals surface area contributed by atoms with E-state index in [2.05, 4.69) is 5.32 Å². The van der Waals surface area contributed by atoms with Crippen LogP contribution in [-0.2, 0) is 9.59 Å². The second kappa shape index (κ2) is 9.51. The van der Waals surface area contributed by atoms with Gasteiger partial charge in [0.1, 0.15) is 11.3 Å². The lowest BCUT2D eigenvalue weighted by molar-refractivity contribution is -0.137. The predicted octanol–water partition coefficient (Wildman–Crippen LogP) is 2.40. The highest BCUT2D eigenvalue weighted by Gasteiger charge is 2.34. The van der Waals surface area contributed by atoms with Crippen LogP contribution in [-0.4, -0.2) is 54.2 Å². The minimum atomic E-state index is -0.833. The Morgan fingerprint density at radius 3 is 2.61 bits per heavy atom. The number of rotatable bonds is 3. The van der Waals surface area contributed by atoms with Gasteiger partial charge in [-0.15, -0.1) is 0 Å². The summed E-state index contributed by atoms with van der Waals surface area (Å²) < 4.78 is 11.4. The number of benzene rings is 1. The number of aliphatic carboxylic acids is 1. The fourth-order valence-corrected chi connectivity index (χ4v) is 4.27. The number of hydrogen-bond donors (Lipinski definition) is 2. The van der Waals surface area contributed by atoms with Crippen molar-refractivity contribution in [3.63, 3.8) is 0 Å². The molecule has 3 aliphatic rings. The number of ether oxygens (including phenoxy) is 1. The summed E-state index contributed by atoms with van der Waals surface area (Å²) in [6.07, 6.45) is 2.24. The second-order valence-corrected chi connectivity index (χ2v) is 8.38. The molecule has 0 spiro atoms. The van der Waals surface area contributed by atoms with E-state index in [4.69, 9.17) is 19.1 Å². The van der Waals surface area contributed by atoms with Crippen LogP contribution in [0.5, 0.6) is 5.75 Å². The Bertz CT molecular complexity index is 1040. The number of amides is 1.